The van der Waals surface area contributed by atoms with E-state index >= 15 is 0 Å². The zero-order valence-corrected chi connectivity index (χ0v) is 14.4. The number of nitrogens with zero attached hydrogens (tertiary/aromatic N) is 5. The molecule has 0 bridgehead atoms. The van der Waals surface area contributed by atoms with Crippen molar-refractivity contribution in [2.75, 3.05) is 13.1 Å². The minimum Gasteiger partial charge on any atom is -0.339 e. The third kappa shape index (κ3) is 3.05. The molecule has 1 aliphatic heterocycles. The summed E-state index contributed by atoms with van der Waals surface area (Å²) in [4.78, 5) is 8.98. The molecule has 1 saturated heterocycles. The van der Waals surface area contributed by atoms with Gasteiger partial charge in [0.25, 0.3) is 0 Å². The summed E-state index contributed by atoms with van der Waals surface area (Å²) in [5, 5.41) is 11.8. The highest BCUT2D eigenvalue weighted by Crippen LogP contribution is 2.24. The van der Waals surface area contributed by atoms with Gasteiger partial charge in [-0.05, 0) is 45.0 Å². The zero-order chi connectivity index (χ0) is 15.8. The van der Waals surface area contributed by atoms with E-state index in [2.05, 4.69) is 25.5 Å². The molecular formula is C16H19ClN6O. The number of pyridine rings is 1. The van der Waals surface area contributed by atoms with Crippen LogP contribution in [0.4, 0.5) is 0 Å². The Bertz CT molecular complexity index is 819. The van der Waals surface area contributed by atoms with Gasteiger partial charge in [0.2, 0.25) is 11.7 Å². The fraction of sp³-hybridized carbons (Fsp3) is 0.375. The molecule has 7 nitrogen and oxygen atoms in total. The Balaban J connectivity index is 0.00000169. The SMILES string of the molecule is Cc1cc(C)n(-c2ccc(-c3noc([C@@H]4CCNC4)n3)cn2)n1.Cl. The molecule has 8 heteroatoms. The molecule has 1 N–H and O–H groups in total. The van der Waals surface area contributed by atoms with E-state index in [1.54, 1.807) is 6.20 Å². The van der Waals surface area contributed by atoms with E-state index in [-0.39, 0.29) is 12.4 Å². The Labute approximate surface area is 145 Å². The van der Waals surface area contributed by atoms with Crippen LogP contribution in [0, 0.1) is 13.8 Å². The maximum Gasteiger partial charge on any atom is 0.231 e. The average molecular weight is 347 g/mol. The summed E-state index contributed by atoms with van der Waals surface area (Å²) >= 11 is 0. The fourth-order valence-corrected chi connectivity index (χ4v) is 2.89. The molecule has 0 radical (unpaired) electrons. The number of hydrogen-bond donors (Lipinski definition) is 1. The van der Waals surface area contributed by atoms with Crippen molar-refractivity contribution < 1.29 is 4.52 Å². The van der Waals surface area contributed by atoms with Crippen molar-refractivity contribution in [1.29, 1.82) is 0 Å². The van der Waals surface area contributed by atoms with E-state index in [9.17, 15) is 0 Å². The van der Waals surface area contributed by atoms with Gasteiger partial charge in [0.05, 0.1) is 11.6 Å². The van der Waals surface area contributed by atoms with Gasteiger partial charge < -0.3 is 9.84 Å². The highest BCUT2D eigenvalue weighted by Gasteiger charge is 2.23. The van der Waals surface area contributed by atoms with Gasteiger partial charge in [-0.2, -0.15) is 10.1 Å². The first kappa shape index (κ1) is 16.6. The second-order valence-electron chi connectivity index (χ2n) is 5.89. The predicted molar refractivity (Wildman–Crippen MR) is 91.6 cm³/mol. The molecular weight excluding hydrogens is 328 g/mol. The summed E-state index contributed by atoms with van der Waals surface area (Å²) in [6.45, 7) is 5.88. The van der Waals surface area contributed by atoms with Crippen molar-refractivity contribution in [2.45, 2.75) is 26.2 Å². The standard InChI is InChI=1S/C16H18N6O.ClH/c1-10-7-11(2)22(20-10)14-4-3-12(9-18-14)15-19-16(23-21-15)13-5-6-17-8-13;/h3-4,7,9,13,17H,5-6,8H2,1-2H3;1H/t13-;/m1./s1. The quantitative estimate of drug-likeness (QED) is 0.784. The first-order chi connectivity index (χ1) is 11.2. The van der Waals surface area contributed by atoms with Crippen LogP contribution < -0.4 is 5.32 Å². The van der Waals surface area contributed by atoms with E-state index < -0.39 is 0 Å². The minimum absolute atomic E-state index is 0. The van der Waals surface area contributed by atoms with Crippen LogP contribution in [0.5, 0.6) is 0 Å². The highest BCUT2D eigenvalue weighted by molar-refractivity contribution is 5.85. The molecule has 0 aliphatic carbocycles. The van der Waals surface area contributed by atoms with E-state index in [4.69, 9.17) is 4.52 Å². The van der Waals surface area contributed by atoms with Crippen LogP contribution in [0.3, 0.4) is 0 Å². The van der Waals surface area contributed by atoms with Crippen LogP contribution in [-0.2, 0) is 0 Å². The highest BCUT2D eigenvalue weighted by atomic mass is 35.5. The number of aryl methyl sites for hydroxylation is 2. The molecule has 1 aliphatic rings. The molecule has 4 heterocycles. The molecule has 0 aromatic carbocycles. The van der Waals surface area contributed by atoms with E-state index in [1.807, 2.05) is 36.7 Å². The van der Waals surface area contributed by atoms with Gasteiger partial charge >= 0.3 is 0 Å². The lowest BCUT2D eigenvalue weighted by Crippen LogP contribution is -2.08. The van der Waals surface area contributed by atoms with Crippen molar-refractivity contribution >= 4 is 12.4 Å². The van der Waals surface area contributed by atoms with Gasteiger partial charge in [-0.25, -0.2) is 9.67 Å². The summed E-state index contributed by atoms with van der Waals surface area (Å²) < 4.78 is 7.22. The van der Waals surface area contributed by atoms with Crippen molar-refractivity contribution in [3.05, 3.63) is 41.7 Å². The first-order valence-electron chi connectivity index (χ1n) is 7.75. The molecule has 1 atom stereocenters. The summed E-state index contributed by atoms with van der Waals surface area (Å²) in [5.41, 5.74) is 2.87. The van der Waals surface area contributed by atoms with Gasteiger partial charge in [0.15, 0.2) is 5.82 Å². The number of aromatic nitrogens is 5. The van der Waals surface area contributed by atoms with Crippen LogP contribution >= 0.6 is 12.4 Å². The van der Waals surface area contributed by atoms with E-state index in [0.29, 0.717) is 17.6 Å². The van der Waals surface area contributed by atoms with Crippen LogP contribution in [0.1, 0.15) is 29.6 Å². The molecule has 126 valence electrons. The molecule has 0 unspecified atom stereocenters. The van der Waals surface area contributed by atoms with E-state index in [1.165, 1.54) is 0 Å². The molecule has 4 rings (SSSR count). The molecule has 3 aromatic rings. The predicted octanol–water partition coefficient (Wildman–Crippen LogP) is 2.43. The molecule has 3 aromatic heterocycles. The molecule has 0 amide bonds. The van der Waals surface area contributed by atoms with Gasteiger partial charge in [0, 0.05) is 24.0 Å². The molecule has 24 heavy (non-hydrogen) atoms. The summed E-state index contributed by atoms with van der Waals surface area (Å²) in [7, 11) is 0. The topological polar surface area (TPSA) is 81.7 Å². The van der Waals surface area contributed by atoms with Crippen molar-refractivity contribution in [3.8, 4) is 17.2 Å². The Hall–Kier alpha value is -2.25. The van der Waals surface area contributed by atoms with Crippen molar-refractivity contribution in [2.24, 2.45) is 0 Å². The lowest BCUT2D eigenvalue weighted by molar-refractivity contribution is 0.359. The third-order valence-corrected chi connectivity index (χ3v) is 4.08. The molecule has 0 spiro atoms. The summed E-state index contributed by atoms with van der Waals surface area (Å²) in [5.74, 6) is 2.38. The largest absolute Gasteiger partial charge is 0.339 e. The van der Waals surface area contributed by atoms with Crippen LogP contribution in [0.2, 0.25) is 0 Å². The van der Waals surface area contributed by atoms with Gasteiger partial charge in [0.1, 0.15) is 0 Å². The van der Waals surface area contributed by atoms with Crippen molar-refractivity contribution in [3.63, 3.8) is 0 Å². The second kappa shape index (κ2) is 6.70. The second-order valence-corrected chi connectivity index (χ2v) is 5.89. The Morgan fingerprint density at radius 2 is 2.17 bits per heavy atom. The zero-order valence-electron chi connectivity index (χ0n) is 13.6. The lowest BCUT2D eigenvalue weighted by atomic mass is 10.1. The van der Waals surface area contributed by atoms with Crippen molar-refractivity contribution in [1.82, 2.24) is 30.2 Å². The minimum atomic E-state index is 0. The monoisotopic (exact) mass is 346 g/mol. The van der Waals surface area contributed by atoms with Crippen LogP contribution in [0.25, 0.3) is 17.2 Å². The normalized spacial score (nSPS) is 17.0. The number of nitrogens with one attached hydrogen (secondary N) is 1. The number of hydrogen-bond acceptors (Lipinski definition) is 6. The molecule has 0 saturated carbocycles. The first-order valence-corrected chi connectivity index (χ1v) is 7.75. The smallest absolute Gasteiger partial charge is 0.231 e. The molecule has 1 fully saturated rings. The fourth-order valence-electron chi connectivity index (χ4n) is 2.89. The lowest BCUT2D eigenvalue weighted by Gasteiger charge is -2.03. The maximum atomic E-state index is 5.39. The third-order valence-electron chi connectivity index (χ3n) is 4.08. The summed E-state index contributed by atoms with van der Waals surface area (Å²) in [6.07, 6.45) is 2.80. The average Bonchev–Trinajstić information content (AvgIpc) is 3.27. The Kier molecular flexibility index (Phi) is 4.64. The van der Waals surface area contributed by atoms with Gasteiger partial charge in [-0.1, -0.05) is 5.16 Å². The van der Waals surface area contributed by atoms with Gasteiger partial charge in [-0.15, -0.1) is 12.4 Å². The maximum absolute atomic E-state index is 5.39. The number of rotatable bonds is 3. The summed E-state index contributed by atoms with van der Waals surface area (Å²) in [6, 6.07) is 5.89. The number of halogens is 1. The Morgan fingerprint density at radius 3 is 2.79 bits per heavy atom. The van der Waals surface area contributed by atoms with E-state index in [0.717, 1.165) is 42.3 Å². The van der Waals surface area contributed by atoms with Crippen LogP contribution in [-0.4, -0.2) is 38.0 Å². The van der Waals surface area contributed by atoms with Gasteiger partial charge in [-0.3, -0.25) is 0 Å². The van der Waals surface area contributed by atoms with Crippen LogP contribution in [0.15, 0.2) is 28.9 Å². The Morgan fingerprint density at radius 1 is 1.29 bits per heavy atom.